The molecule has 3 N–H and O–H groups in total. The van der Waals surface area contributed by atoms with Crippen LogP contribution < -0.4 is 0 Å². The van der Waals surface area contributed by atoms with Crippen LogP contribution in [0.1, 0.15) is 0 Å². The first kappa shape index (κ1) is 42.2. The number of hydrogen-bond donors (Lipinski definition) is 3. The minimum atomic E-state index is -0.765. The zero-order valence-corrected chi connectivity index (χ0v) is 24.0. The van der Waals surface area contributed by atoms with Crippen molar-refractivity contribution < 1.29 is 156 Å². The van der Waals surface area contributed by atoms with Crippen molar-refractivity contribution in [1.29, 1.82) is 0 Å². The Balaban J connectivity index is -0.0000000580. The number of carbonyl (C=O) groups is 3. The van der Waals surface area contributed by atoms with Crippen LogP contribution in [0.4, 0.5) is 14.4 Å². The molecule has 0 saturated carbocycles. The van der Waals surface area contributed by atoms with E-state index in [1.807, 2.05) is 0 Å². The van der Waals surface area contributed by atoms with Gasteiger partial charge in [0.15, 0.2) is 0 Å². The second kappa shape index (κ2) is 37.7. The Morgan fingerprint density at radius 3 is 0.852 bits per heavy atom. The molecule has 153 valence electrons. The standard InChI is InChI=1S/3C4H8O4.3Y/c3*1-7-4(6)8-3-2-5;;;/h3*5H,2-3H2,1H3;;;. The number of ether oxygens (including phenoxy) is 6. The summed E-state index contributed by atoms with van der Waals surface area (Å²) in [7, 11) is 3.62. The quantitative estimate of drug-likeness (QED) is 0.250. The third kappa shape index (κ3) is 46.7. The first-order valence-electron chi connectivity index (χ1n) is 6.38. The fourth-order valence-corrected chi connectivity index (χ4v) is 0.564. The SMILES string of the molecule is COC(=O)OCCO.COC(=O)OCCO.COC(=O)OCCO.[Y].[Y].[Y]. The summed E-state index contributed by atoms with van der Waals surface area (Å²) in [6, 6.07) is 0. The minimum absolute atomic E-state index is 0. The number of carbonyl (C=O) groups excluding carboxylic acids is 3. The van der Waals surface area contributed by atoms with Gasteiger partial charge in [-0.05, 0) is 0 Å². The zero-order chi connectivity index (χ0) is 19.2. The number of aliphatic hydroxyl groups is 3. The topological polar surface area (TPSA) is 167 Å². The van der Waals surface area contributed by atoms with Crippen LogP contribution in [-0.2, 0) is 127 Å². The Morgan fingerprint density at radius 1 is 0.556 bits per heavy atom. The van der Waals surface area contributed by atoms with Crippen molar-refractivity contribution in [3.05, 3.63) is 0 Å². The summed E-state index contributed by atoms with van der Waals surface area (Å²) >= 11 is 0. The van der Waals surface area contributed by atoms with Crippen molar-refractivity contribution in [3.63, 3.8) is 0 Å². The van der Waals surface area contributed by atoms with E-state index in [0.29, 0.717) is 0 Å². The number of hydrogen-bond acceptors (Lipinski definition) is 12. The van der Waals surface area contributed by atoms with Gasteiger partial charge in [0.1, 0.15) is 19.8 Å². The Bertz CT molecular complexity index is 272. The van der Waals surface area contributed by atoms with Gasteiger partial charge >= 0.3 is 18.5 Å². The molecule has 0 aliphatic heterocycles. The maximum atomic E-state index is 10.0. The maximum absolute atomic E-state index is 10.0. The van der Waals surface area contributed by atoms with Crippen LogP contribution in [0.15, 0.2) is 0 Å². The molecule has 0 aromatic heterocycles. The average Bonchev–Trinajstić information content (AvgIpc) is 2.62. The van der Waals surface area contributed by atoms with Crippen LogP contribution in [0.5, 0.6) is 0 Å². The molecule has 0 aromatic carbocycles. The van der Waals surface area contributed by atoms with Gasteiger partial charge in [0.25, 0.3) is 0 Å². The van der Waals surface area contributed by atoms with Crippen molar-refractivity contribution in [2.75, 3.05) is 61.0 Å². The predicted molar refractivity (Wildman–Crippen MR) is 76.3 cm³/mol. The van der Waals surface area contributed by atoms with Gasteiger partial charge in [0, 0.05) is 98.1 Å². The van der Waals surface area contributed by atoms with Gasteiger partial charge in [-0.25, -0.2) is 14.4 Å². The Labute approximate surface area is 232 Å². The van der Waals surface area contributed by atoms with Gasteiger partial charge in [-0.3, -0.25) is 0 Å². The molecule has 0 unspecified atom stereocenters. The molecule has 0 atom stereocenters. The summed E-state index contributed by atoms with van der Waals surface area (Å²) in [4.78, 5) is 30.0. The van der Waals surface area contributed by atoms with E-state index < -0.39 is 18.5 Å². The van der Waals surface area contributed by atoms with Gasteiger partial charge < -0.3 is 43.7 Å². The minimum Gasteiger partial charge on any atom is -0.438 e. The van der Waals surface area contributed by atoms with Crippen molar-refractivity contribution >= 4 is 18.5 Å². The monoisotopic (exact) mass is 627 g/mol. The molecule has 12 nitrogen and oxygen atoms in total. The largest absolute Gasteiger partial charge is 0.508 e. The Morgan fingerprint density at radius 2 is 0.741 bits per heavy atom. The molecule has 15 heteroatoms. The summed E-state index contributed by atoms with van der Waals surface area (Å²) < 4.78 is 24.9. The van der Waals surface area contributed by atoms with Gasteiger partial charge in [0.05, 0.1) is 41.2 Å². The van der Waals surface area contributed by atoms with E-state index in [1.54, 1.807) is 0 Å². The molecule has 3 radical (unpaired) electrons. The first-order chi connectivity index (χ1) is 11.4. The van der Waals surface area contributed by atoms with E-state index >= 15 is 0 Å². The molecule has 0 bridgehead atoms. The third-order valence-corrected chi connectivity index (χ3v) is 1.43. The van der Waals surface area contributed by atoms with E-state index in [0.717, 1.165) is 0 Å². The van der Waals surface area contributed by atoms with Crippen LogP contribution in [0.2, 0.25) is 0 Å². The van der Waals surface area contributed by atoms with Crippen LogP contribution in [0.3, 0.4) is 0 Å². The molecule has 0 spiro atoms. The summed E-state index contributed by atoms with van der Waals surface area (Å²) in [5.74, 6) is 0. The predicted octanol–water partition coefficient (Wildman–Crippen LogP) is -0.722. The average molecular weight is 627 g/mol. The normalized spacial score (nSPS) is 7.33. The second-order valence-corrected chi connectivity index (χ2v) is 3.08. The van der Waals surface area contributed by atoms with E-state index in [1.165, 1.54) is 21.3 Å². The molecule has 0 aliphatic rings. The maximum Gasteiger partial charge on any atom is 0.508 e. The van der Waals surface area contributed by atoms with E-state index in [-0.39, 0.29) is 138 Å². The van der Waals surface area contributed by atoms with Gasteiger partial charge in [-0.2, -0.15) is 0 Å². The van der Waals surface area contributed by atoms with Crippen LogP contribution in [-0.4, -0.2) is 94.8 Å². The summed E-state index contributed by atoms with van der Waals surface area (Å²) in [6.07, 6.45) is -2.29. The Kier molecular flexibility index (Phi) is 58.9. The molecular formula is C12H24O12Y3. The molecule has 0 amide bonds. The van der Waals surface area contributed by atoms with Gasteiger partial charge in [-0.1, -0.05) is 0 Å². The molecule has 0 aromatic rings. The van der Waals surface area contributed by atoms with Crippen molar-refractivity contribution in [2.24, 2.45) is 0 Å². The number of methoxy groups -OCH3 is 3. The smallest absolute Gasteiger partial charge is 0.438 e. The van der Waals surface area contributed by atoms with Gasteiger partial charge in [-0.15, -0.1) is 0 Å². The Hall–Kier alpha value is 1.00. The molecule has 0 heterocycles. The summed E-state index contributed by atoms with van der Waals surface area (Å²) in [5.41, 5.74) is 0. The number of rotatable bonds is 6. The van der Waals surface area contributed by atoms with Crippen LogP contribution >= 0.6 is 0 Å². The summed E-state index contributed by atoms with van der Waals surface area (Å²) in [5, 5.41) is 24.2. The van der Waals surface area contributed by atoms with E-state index in [2.05, 4.69) is 28.4 Å². The fraction of sp³-hybridized carbons (Fsp3) is 0.750. The summed E-state index contributed by atoms with van der Waals surface area (Å²) in [6.45, 7) is -0.536. The first-order valence-corrected chi connectivity index (χ1v) is 6.38. The molecule has 0 saturated heterocycles. The molecule has 0 rings (SSSR count). The van der Waals surface area contributed by atoms with Crippen LogP contribution in [0, 0.1) is 0 Å². The molecule has 0 fully saturated rings. The van der Waals surface area contributed by atoms with Crippen LogP contribution in [0.25, 0.3) is 0 Å². The van der Waals surface area contributed by atoms with E-state index in [9.17, 15) is 14.4 Å². The zero-order valence-electron chi connectivity index (χ0n) is 15.5. The van der Waals surface area contributed by atoms with Gasteiger partial charge in [0.2, 0.25) is 0 Å². The molecule has 27 heavy (non-hydrogen) atoms. The van der Waals surface area contributed by atoms with Crippen molar-refractivity contribution in [3.8, 4) is 0 Å². The molecular weight excluding hydrogens is 603 g/mol. The molecule has 0 aliphatic carbocycles. The van der Waals surface area contributed by atoms with E-state index in [4.69, 9.17) is 15.3 Å². The second-order valence-electron chi connectivity index (χ2n) is 3.08. The number of aliphatic hydroxyl groups excluding tert-OH is 3. The van der Waals surface area contributed by atoms with Crippen molar-refractivity contribution in [2.45, 2.75) is 0 Å². The third-order valence-electron chi connectivity index (χ3n) is 1.43. The van der Waals surface area contributed by atoms with Crippen molar-refractivity contribution in [1.82, 2.24) is 0 Å². The fourth-order valence-electron chi connectivity index (χ4n) is 0.564.